The van der Waals surface area contributed by atoms with E-state index in [1.807, 2.05) is 5.10 Å². The summed E-state index contributed by atoms with van der Waals surface area (Å²) in [6, 6.07) is 12.8. The Kier molecular flexibility index (Phi) is 6.19. The van der Waals surface area contributed by atoms with Crippen LogP contribution in [-0.4, -0.2) is 70.8 Å². The molecule has 1 aliphatic rings. The monoisotopic (exact) mass is 499 g/mol. The Morgan fingerprint density at radius 2 is 1.83 bits per heavy atom. The number of hydrogen-bond acceptors (Lipinski definition) is 6. The molecule has 0 unspecified atom stereocenters. The Labute approximate surface area is 204 Å². The van der Waals surface area contributed by atoms with Crippen LogP contribution in [0, 0.1) is 0 Å². The number of furan rings is 1. The molecule has 1 aliphatic heterocycles. The minimum absolute atomic E-state index is 0.0451. The lowest BCUT2D eigenvalue weighted by molar-refractivity contribution is -0.141. The van der Waals surface area contributed by atoms with Crippen molar-refractivity contribution in [2.45, 2.75) is 6.18 Å². The molecule has 36 heavy (non-hydrogen) atoms. The van der Waals surface area contributed by atoms with Crippen molar-refractivity contribution in [3.63, 3.8) is 0 Å². The summed E-state index contributed by atoms with van der Waals surface area (Å²) < 4.78 is 44.5. The van der Waals surface area contributed by atoms with Crippen molar-refractivity contribution in [1.29, 1.82) is 0 Å². The van der Waals surface area contributed by atoms with Crippen molar-refractivity contribution in [3.8, 4) is 28.3 Å². The van der Waals surface area contributed by atoms with E-state index in [1.165, 1.54) is 6.07 Å². The molecule has 0 spiro atoms. The number of aromatic nitrogens is 2. The van der Waals surface area contributed by atoms with Gasteiger partial charge in [-0.05, 0) is 49.5 Å². The molecule has 4 aromatic rings. The summed E-state index contributed by atoms with van der Waals surface area (Å²) in [4.78, 5) is 16.7. The first-order valence-corrected chi connectivity index (χ1v) is 11.4. The minimum Gasteiger partial charge on any atom is -0.504 e. The number of carbonyl (C=O) groups excluding carboxylic acids is 1. The molecule has 0 saturated carbocycles. The van der Waals surface area contributed by atoms with Gasteiger partial charge in [0.1, 0.15) is 11.5 Å². The minimum atomic E-state index is -4.57. The standard InChI is InChI=1S/C25H24F3N5O3/c1-32-8-10-33(11-9-32)14-22(34)29-17-5-2-15(3-6-17)20-12-16-4-7-18(23(35)24(16)36-20)19-13-21(31-30-19)25(26,27)28/h2-7,12-13,35H,8-11,14H2,1H3,(H,29,34)(H,30,31). The highest BCUT2D eigenvalue weighted by molar-refractivity contribution is 5.94. The third-order valence-corrected chi connectivity index (χ3v) is 6.24. The second-order valence-electron chi connectivity index (χ2n) is 8.86. The number of hydrogen-bond donors (Lipinski definition) is 3. The maximum absolute atomic E-state index is 12.9. The van der Waals surface area contributed by atoms with E-state index in [9.17, 15) is 23.1 Å². The van der Waals surface area contributed by atoms with Crippen molar-refractivity contribution in [1.82, 2.24) is 20.0 Å². The average Bonchev–Trinajstić information content (AvgIpc) is 3.49. The van der Waals surface area contributed by atoms with E-state index in [2.05, 4.69) is 27.3 Å². The molecule has 8 nitrogen and oxygen atoms in total. The van der Waals surface area contributed by atoms with Crippen LogP contribution in [0.5, 0.6) is 5.75 Å². The quantitative estimate of drug-likeness (QED) is 0.377. The van der Waals surface area contributed by atoms with Crippen LogP contribution in [0.1, 0.15) is 5.69 Å². The maximum atomic E-state index is 12.9. The molecule has 11 heteroatoms. The van der Waals surface area contributed by atoms with Crippen molar-refractivity contribution in [2.75, 3.05) is 45.1 Å². The number of phenols is 1. The zero-order valence-electron chi connectivity index (χ0n) is 19.4. The van der Waals surface area contributed by atoms with Crippen LogP contribution in [-0.2, 0) is 11.0 Å². The summed E-state index contributed by atoms with van der Waals surface area (Å²) in [6.07, 6.45) is -4.57. The van der Waals surface area contributed by atoms with E-state index in [1.54, 1.807) is 36.4 Å². The molecule has 2 aromatic carbocycles. The smallest absolute Gasteiger partial charge is 0.432 e. The van der Waals surface area contributed by atoms with Crippen molar-refractivity contribution >= 4 is 22.6 Å². The molecule has 1 saturated heterocycles. The number of phenolic OH excluding ortho intramolecular Hbond substituents is 1. The van der Waals surface area contributed by atoms with Gasteiger partial charge in [-0.3, -0.25) is 14.8 Å². The van der Waals surface area contributed by atoms with Crippen molar-refractivity contribution in [2.24, 2.45) is 0 Å². The molecule has 188 valence electrons. The summed E-state index contributed by atoms with van der Waals surface area (Å²) in [5, 5.41) is 19.8. The van der Waals surface area contributed by atoms with Gasteiger partial charge in [0.05, 0.1) is 12.2 Å². The van der Waals surface area contributed by atoms with Crippen molar-refractivity contribution in [3.05, 3.63) is 54.2 Å². The predicted molar refractivity (Wildman–Crippen MR) is 128 cm³/mol. The molecule has 3 heterocycles. The summed E-state index contributed by atoms with van der Waals surface area (Å²) >= 11 is 0. The van der Waals surface area contributed by atoms with Gasteiger partial charge in [-0.1, -0.05) is 6.07 Å². The lowest BCUT2D eigenvalue weighted by Gasteiger charge is -2.31. The fraction of sp³-hybridized carbons (Fsp3) is 0.280. The number of alkyl halides is 3. The number of likely N-dealkylation sites (N-methyl/N-ethyl adjacent to an activating group) is 1. The van der Waals surface area contributed by atoms with E-state index in [0.717, 1.165) is 32.2 Å². The van der Waals surface area contributed by atoms with Gasteiger partial charge in [-0.15, -0.1) is 0 Å². The zero-order valence-corrected chi connectivity index (χ0v) is 19.4. The Morgan fingerprint density at radius 1 is 1.11 bits per heavy atom. The Morgan fingerprint density at radius 3 is 2.50 bits per heavy atom. The largest absolute Gasteiger partial charge is 0.504 e. The molecular weight excluding hydrogens is 475 g/mol. The van der Waals surface area contributed by atoms with Gasteiger partial charge >= 0.3 is 6.18 Å². The number of anilines is 1. The Hall–Kier alpha value is -3.83. The van der Waals surface area contributed by atoms with Gasteiger partial charge in [0, 0.05) is 48.4 Å². The first-order valence-electron chi connectivity index (χ1n) is 11.4. The molecule has 1 fully saturated rings. The van der Waals surface area contributed by atoms with Gasteiger partial charge in [0.25, 0.3) is 0 Å². The molecule has 0 aliphatic carbocycles. The van der Waals surface area contributed by atoms with E-state index >= 15 is 0 Å². The molecule has 1 amide bonds. The van der Waals surface area contributed by atoms with Gasteiger partial charge in [-0.25, -0.2) is 0 Å². The first-order chi connectivity index (χ1) is 17.2. The lowest BCUT2D eigenvalue weighted by Crippen LogP contribution is -2.47. The summed E-state index contributed by atoms with van der Waals surface area (Å²) in [5.74, 6) is 0.0816. The number of fused-ring (bicyclic) bond motifs is 1. The van der Waals surface area contributed by atoms with Gasteiger partial charge in [0.15, 0.2) is 11.3 Å². The van der Waals surface area contributed by atoms with Crippen LogP contribution < -0.4 is 5.32 Å². The zero-order chi connectivity index (χ0) is 25.4. The average molecular weight is 499 g/mol. The van der Waals surface area contributed by atoms with E-state index < -0.39 is 11.9 Å². The second-order valence-corrected chi connectivity index (χ2v) is 8.86. The number of amides is 1. The number of carbonyl (C=O) groups is 1. The fourth-order valence-corrected chi connectivity index (χ4v) is 4.17. The summed E-state index contributed by atoms with van der Waals surface area (Å²) in [6.45, 7) is 3.92. The highest BCUT2D eigenvalue weighted by Crippen LogP contribution is 2.40. The number of nitrogens with one attached hydrogen (secondary N) is 2. The first kappa shape index (κ1) is 23.9. The topological polar surface area (TPSA) is 97.6 Å². The van der Waals surface area contributed by atoms with Crippen LogP contribution in [0.2, 0.25) is 0 Å². The third-order valence-electron chi connectivity index (χ3n) is 6.24. The fourth-order valence-electron chi connectivity index (χ4n) is 4.17. The highest BCUT2D eigenvalue weighted by Gasteiger charge is 2.33. The van der Waals surface area contributed by atoms with Crippen LogP contribution in [0.4, 0.5) is 18.9 Å². The van der Waals surface area contributed by atoms with Gasteiger partial charge in [0.2, 0.25) is 5.91 Å². The maximum Gasteiger partial charge on any atom is 0.432 e. The molecule has 3 N–H and O–H groups in total. The van der Waals surface area contributed by atoms with Crippen LogP contribution in [0.15, 0.2) is 52.9 Å². The molecule has 2 aromatic heterocycles. The second kappa shape index (κ2) is 9.32. The molecule has 0 bridgehead atoms. The van der Waals surface area contributed by atoms with Crippen LogP contribution in [0.25, 0.3) is 33.6 Å². The van der Waals surface area contributed by atoms with E-state index in [0.29, 0.717) is 28.9 Å². The number of halogens is 3. The van der Waals surface area contributed by atoms with E-state index in [-0.39, 0.29) is 28.5 Å². The SMILES string of the molecule is CN1CCN(CC(=O)Nc2ccc(-c3cc4ccc(-c5cc(C(F)(F)F)[nH]n5)c(O)c4o3)cc2)CC1. The lowest BCUT2D eigenvalue weighted by atomic mass is 10.1. The van der Waals surface area contributed by atoms with E-state index in [4.69, 9.17) is 4.42 Å². The predicted octanol–water partition coefficient (Wildman–Crippen LogP) is 4.40. The summed E-state index contributed by atoms with van der Waals surface area (Å²) in [5.41, 5.74) is 0.572. The molecule has 0 atom stereocenters. The Balaban J connectivity index is 1.31. The van der Waals surface area contributed by atoms with Crippen molar-refractivity contribution < 1.29 is 27.5 Å². The molecule has 0 radical (unpaired) electrons. The molecule has 5 rings (SSSR count). The van der Waals surface area contributed by atoms with Gasteiger partial charge in [-0.2, -0.15) is 18.3 Å². The number of aromatic amines is 1. The number of piperazine rings is 1. The molecular formula is C25H24F3N5O3. The highest BCUT2D eigenvalue weighted by atomic mass is 19.4. The Bertz CT molecular complexity index is 1390. The number of nitrogens with zero attached hydrogens (tertiary/aromatic N) is 3. The normalized spacial score (nSPS) is 15.4. The van der Waals surface area contributed by atoms with Crippen LogP contribution in [0.3, 0.4) is 0 Å². The number of aromatic hydroxyl groups is 1. The third kappa shape index (κ3) is 4.93. The van der Waals surface area contributed by atoms with Gasteiger partial charge < -0.3 is 19.7 Å². The van der Waals surface area contributed by atoms with Crippen LogP contribution >= 0.6 is 0 Å². The number of benzene rings is 2. The summed E-state index contributed by atoms with van der Waals surface area (Å²) in [7, 11) is 2.06. The number of rotatable bonds is 5. The number of H-pyrrole nitrogens is 1.